The average molecular weight is 357 g/mol. The van der Waals surface area contributed by atoms with Crippen molar-refractivity contribution in [1.29, 1.82) is 0 Å². The van der Waals surface area contributed by atoms with Crippen LogP contribution >= 0.6 is 15.9 Å². The van der Waals surface area contributed by atoms with Crippen LogP contribution < -0.4 is 11.1 Å². The zero-order valence-corrected chi connectivity index (χ0v) is 13.7. The minimum atomic E-state index is -0.303. The molecule has 0 unspecified atom stereocenters. The Morgan fingerprint density at radius 2 is 2.10 bits per heavy atom. The Balaban J connectivity index is 1.88. The number of nitrogens with two attached hydrogens (primary N) is 1. The number of amides is 2. The first-order valence-corrected chi connectivity index (χ1v) is 7.96. The van der Waals surface area contributed by atoms with Crippen molar-refractivity contribution in [3.63, 3.8) is 0 Å². The monoisotopic (exact) mass is 356 g/mol. The Labute approximate surface area is 132 Å². The van der Waals surface area contributed by atoms with Gasteiger partial charge in [-0.25, -0.2) is 0 Å². The quantitative estimate of drug-likeness (QED) is 0.824. The predicted octanol–water partition coefficient (Wildman–Crippen LogP) is 0.950. The van der Waals surface area contributed by atoms with Gasteiger partial charge in [0, 0.05) is 36.3 Å². The van der Waals surface area contributed by atoms with Gasteiger partial charge >= 0.3 is 0 Å². The molecular weight excluding hydrogens is 336 g/mol. The highest BCUT2D eigenvalue weighted by Gasteiger charge is 2.23. The number of nitrogens with zero attached hydrogens (tertiary/aromatic N) is 2. The van der Waals surface area contributed by atoms with Gasteiger partial charge in [-0.2, -0.15) is 0 Å². The number of nitrogens with one attached hydrogen (secondary N) is 1. The van der Waals surface area contributed by atoms with Gasteiger partial charge in [-0.15, -0.1) is 0 Å². The normalized spacial score (nSPS) is 16.9. The second-order valence-corrected chi connectivity index (χ2v) is 6.24. The van der Waals surface area contributed by atoms with Crippen molar-refractivity contribution in [1.82, 2.24) is 14.8 Å². The molecule has 7 heteroatoms. The molecule has 0 bridgehead atoms. The van der Waals surface area contributed by atoms with Crippen LogP contribution in [0.5, 0.6) is 0 Å². The summed E-state index contributed by atoms with van der Waals surface area (Å²) in [5, 5.41) is 3.07. The molecule has 1 saturated heterocycles. The van der Waals surface area contributed by atoms with Crippen LogP contribution in [0.15, 0.2) is 16.7 Å². The number of aromatic nitrogens is 1. The van der Waals surface area contributed by atoms with Gasteiger partial charge in [-0.05, 0) is 41.8 Å². The number of halogens is 1. The first kappa shape index (κ1) is 16.0. The molecule has 3 N–H and O–H groups in total. The predicted molar refractivity (Wildman–Crippen MR) is 83.9 cm³/mol. The summed E-state index contributed by atoms with van der Waals surface area (Å²) in [7, 11) is 0. The molecule has 6 nitrogen and oxygen atoms in total. The molecule has 1 aromatic heterocycles. The average Bonchev–Trinajstić information content (AvgIpc) is 2.82. The van der Waals surface area contributed by atoms with E-state index >= 15 is 0 Å². The highest BCUT2D eigenvalue weighted by Crippen LogP contribution is 2.16. The van der Waals surface area contributed by atoms with Crippen LogP contribution in [0.25, 0.3) is 0 Å². The van der Waals surface area contributed by atoms with Crippen LogP contribution in [-0.2, 0) is 11.3 Å². The van der Waals surface area contributed by atoms with Crippen LogP contribution in [0.4, 0.5) is 0 Å². The van der Waals surface area contributed by atoms with Crippen molar-refractivity contribution < 1.29 is 9.59 Å². The molecule has 1 aliphatic rings. The molecule has 0 spiro atoms. The van der Waals surface area contributed by atoms with E-state index in [-0.39, 0.29) is 17.9 Å². The molecule has 1 aliphatic heterocycles. The van der Waals surface area contributed by atoms with Gasteiger partial charge in [0.15, 0.2) is 0 Å². The molecular formula is C14H21BrN4O2. The number of hydrogen-bond acceptors (Lipinski definition) is 3. The van der Waals surface area contributed by atoms with Crippen molar-refractivity contribution in [3.8, 4) is 0 Å². The highest BCUT2D eigenvalue weighted by molar-refractivity contribution is 9.10. The zero-order chi connectivity index (χ0) is 15.4. The lowest BCUT2D eigenvalue weighted by Gasteiger charge is -2.31. The van der Waals surface area contributed by atoms with Crippen LogP contribution in [0.2, 0.25) is 0 Å². The highest BCUT2D eigenvalue weighted by atomic mass is 79.9. The van der Waals surface area contributed by atoms with E-state index in [9.17, 15) is 9.59 Å². The Morgan fingerprint density at radius 1 is 1.43 bits per heavy atom. The SMILES string of the molecule is CCn1cc(Br)cc1C(=O)NC1CCN(CC(N)=O)CC1. The molecule has 0 radical (unpaired) electrons. The van der Waals surface area contributed by atoms with Gasteiger partial charge in [-0.3, -0.25) is 14.5 Å². The lowest BCUT2D eigenvalue weighted by atomic mass is 10.0. The Kier molecular flexibility index (Phi) is 5.41. The third kappa shape index (κ3) is 4.31. The third-order valence-electron chi connectivity index (χ3n) is 3.74. The van der Waals surface area contributed by atoms with Crippen molar-refractivity contribution in [2.45, 2.75) is 32.4 Å². The van der Waals surface area contributed by atoms with Crippen molar-refractivity contribution in [2.75, 3.05) is 19.6 Å². The van der Waals surface area contributed by atoms with E-state index in [0.717, 1.165) is 36.9 Å². The molecule has 21 heavy (non-hydrogen) atoms. The fourth-order valence-corrected chi connectivity index (χ4v) is 3.11. The van der Waals surface area contributed by atoms with Crippen LogP contribution in [0.3, 0.4) is 0 Å². The number of rotatable bonds is 5. The standard InChI is InChI=1S/C14H21BrN4O2/c1-2-19-8-10(15)7-12(19)14(21)17-11-3-5-18(6-4-11)9-13(16)20/h7-8,11H,2-6,9H2,1H3,(H2,16,20)(H,17,21). The number of primary amides is 1. The van der Waals surface area contributed by atoms with E-state index in [1.165, 1.54) is 0 Å². The summed E-state index contributed by atoms with van der Waals surface area (Å²) < 4.78 is 2.83. The summed E-state index contributed by atoms with van der Waals surface area (Å²) in [4.78, 5) is 25.2. The first-order valence-electron chi connectivity index (χ1n) is 7.16. The summed E-state index contributed by atoms with van der Waals surface area (Å²) in [5.41, 5.74) is 5.86. The smallest absolute Gasteiger partial charge is 0.268 e. The van der Waals surface area contributed by atoms with E-state index in [2.05, 4.69) is 21.2 Å². The van der Waals surface area contributed by atoms with E-state index in [1.807, 2.05) is 28.7 Å². The topological polar surface area (TPSA) is 80.4 Å². The molecule has 2 heterocycles. The minimum absolute atomic E-state index is 0.0455. The fourth-order valence-electron chi connectivity index (χ4n) is 2.64. The Hall–Kier alpha value is -1.34. The molecule has 0 saturated carbocycles. The maximum absolute atomic E-state index is 12.3. The van der Waals surface area contributed by atoms with Gasteiger partial charge in [0.05, 0.1) is 6.54 Å². The van der Waals surface area contributed by atoms with Crippen molar-refractivity contribution >= 4 is 27.7 Å². The molecule has 1 fully saturated rings. The first-order chi connectivity index (χ1) is 9.99. The van der Waals surface area contributed by atoms with Crippen LogP contribution in [-0.4, -0.2) is 47.0 Å². The number of carbonyl (C=O) groups excluding carboxylic acids is 2. The van der Waals surface area contributed by atoms with Crippen LogP contribution in [0, 0.1) is 0 Å². The molecule has 2 amide bonds. The number of carbonyl (C=O) groups is 2. The largest absolute Gasteiger partial charge is 0.369 e. The lowest BCUT2D eigenvalue weighted by Crippen LogP contribution is -2.47. The van der Waals surface area contributed by atoms with Crippen LogP contribution in [0.1, 0.15) is 30.3 Å². The minimum Gasteiger partial charge on any atom is -0.369 e. The van der Waals surface area contributed by atoms with Gasteiger partial charge < -0.3 is 15.6 Å². The van der Waals surface area contributed by atoms with E-state index in [1.54, 1.807) is 0 Å². The summed E-state index contributed by atoms with van der Waals surface area (Å²) in [6.07, 6.45) is 3.59. The third-order valence-corrected chi connectivity index (χ3v) is 4.17. The molecule has 0 aromatic carbocycles. The second-order valence-electron chi connectivity index (χ2n) is 5.32. The summed E-state index contributed by atoms with van der Waals surface area (Å²) >= 11 is 3.40. The maximum Gasteiger partial charge on any atom is 0.268 e. The van der Waals surface area contributed by atoms with E-state index < -0.39 is 0 Å². The summed E-state index contributed by atoms with van der Waals surface area (Å²) in [6.45, 7) is 4.63. The molecule has 116 valence electrons. The molecule has 0 atom stereocenters. The number of likely N-dealkylation sites (tertiary alicyclic amines) is 1. The lowest BCUT2D eigenvalue weighted by molar-refractivity contribution is -0.119. The number of aryl methyl sites for hydroxylation is 1. The maximum atomic E-state index is 12.3. The van der Waals surface area contributed by atoms with E-state index in [4.69, 9.17) is 5.73 Å². The zero-order valence-electron chi connectivity index (χ0n) is 12.1. The summed E-state index contributed by atoms with van der Waals surface area (Å²) in [5.74, 6) is -0.348. The Bertz CT molecular complexity index is 521. The Morgan fingerprint density at radius 3 is 2.67 bits per heavy atom. The second kappa shape index (κ2) is 7.09. The summed E-state index contributed by atoms with van der Waals surface area (Å²) in [6, 6.07) is 1.99. The number of hydrogen-bond donors (Lipinski definition) is 2. The van der Waals surface area contributed by atoms with Crippen molar-refractivity contribution in [2.24, 2.45) is 5.73 Å². The van der Waals surface area contributed by atoms with Gasteiger partial charge in [-0.1, -0.05) is 0 Å². The van der Waals surface area contributed by atoms with Gasteiger partial charge in [0.2, 0.25) is 5.91 Å². The molecule has 0 aliphatic carbocycles. The molecule has 1 aromatic rings. The fraction of sp³-hybridized carbons (Fsp3) is 0.571. The van der Waals surface area contributed by atoms with E-state index in [0.29, 0.717) is 12.2 Å². The van der Waals surface area contributed by atoms with Gasteiger partial charge in [0.25, 0.3) is 5.91 Å². The van der Waals surface area contributed by atoms with Gasteiger partial charge in [0.1, 0.15) is 5.69 Å². The molecule has 2 rings (SSSR count). The number of piperidine rings is 1. The van der Waals surface area contributed by atoms with Crippen molar-refractivity contribution in [3.05, 3.63) is 22.4 Å².